The minimum absolute atomic E-state index is 0.0583. The predicted octanol–water partition coefficient (Wildman–Crippen LogP) is 3.75. The maximum absolute atomic E-state index is 6.03. The van der Waals surface area contributed by atoms with Crippen LogP contribution in [-0.4, -0.2) is 6.54 Å². The third kappa shape index (κ3) is 3.20. The maximum atomic E-state index is 6.03. The zero-order chi connectivity index (χ0) is 14.8. The molecular formula is C18H24N2O. The molecule has 1 fully saturated rings. The van der Waals surface area contributed by atoms with E-state index in [1.54, 1.807) is 0 Å². The monoisotopic (exact) mass is 284 g/mol. The second kappa shape index (κ2) is 6.04. The van der Waals surface area contributed by atoms with Crippen LogP contribution in [0, 0.1) is 5.92 Å². The first-order valence-corrected chi connectivity index (χ1v) is 7.79. The summed E-state index contributed by atoms with van der Waals surface area (Å²) in [5.41, 5.74) is 7.20. The Bertz CT molecular complexity index is 578. The second-order valence-corrected chi connectivity index (χ2v) is 6.15. The molecule has 1 aliphatic rings. The Kier molecular flexibility index (Phi) is 4.13. The van der Waals surface area contributed by atoms with Crippen LogP contribution >= 0.6 is 0 Å². The first-order chi connectivity index (χ1) is 10.2. The predicted molar refractivity (Wildman–Crippen MR) is 85.0 cm³/mol. The van der Waals surface area contributed by atoms with Gasteiger partial charge in [-0.2, -0.15) is 0 Å². The van der Waals surface area contributed by atoms with Gasteiger partial charge < -0.3 is 10.2 Å². The van der Waals surface area contributed by atoms with Crippen molar-refractivity contribution in [3.63, 3.8) is 0 Å². The van der Waals surface area contributed by atoms with Gasteiger partial charge in [-0.05, 0) is 37.0 Å². The molecule has 0 radical (unpaired) electrons. The molecule has 21 heavy (non-hydrogen) atoms. The van der Waals surface area contributed by atoms with E-state index in [-0.39, 0.29) is 12.1 Å². The van der Waals surface area contributed by atoms with Crippen LogP contribution in [0.25, 0.3) is 0 Å². The minimum Gasteiger partial charge on any atom is -0.464 e. The fourth-order valence-corrected chi connectivity index (χ4v) is 2.88. The van der Waals surface area contributed by atoms with Crippen molar-refractivity contribution in [2.75, 3.05) is 6.54 Å². The molecular weight excluding hydrogens is 260 g/mol. The summed E-state index contributed by atoms with van der Waals surface area (Å²) >= 11 is 0. The second-order valence-electron chi connectivity index (χ2n) is 6.15. The van der Waals surface area contributed by atoms with Gasteiger partial charge >= 0.3 is 0 Å². The number of furan rings is 1. The number of nitrogens with one attached hydrogen (secondary N) is 1. The Labute approximate surface area is 126 Å². The molecule has 0 bridgehead atoms. The van der Waals surface area contributed by atoms with E-state index < -0.39 is 0 Å². The molecule has 4 unspecified atom stereocenters. The molecule has 2 aromatic rings. The number of benzene rings is 1. The van der Waals surface area contributed by atoms with Crippen LogP contribution in [0.1, 0.15) is 55.4 Å². The molecule has 112 valence electrons. The van der Waals surface area contributed by atoms with Crippen molar-refractivity contribution in [3.05, 3.63) is 59.5 Å². The highest BCUT2D eigenvalue weighted by Crippen LogP contribution is 2.47. The standard InChI is InChI=1S/C18H24N2O/c1-12-10-15(12)17-8-9-18(21-17)16(11-19)20-13(2)14-6-4-3-5-7-14/h3-9,12-13,15-16,20H,10-11,19H2,1-2H3. The van der Waals surface area contributed by atoms with Gasteiger partial charge in [0.25, 0.3) is 0 Å². The zero-order valence-corrected chi connectivity index (χ0v) is 12.8. The fourth-order valence-electron chi connectivity index (χ4n) is 2.88. The molecule has 0 aliphatic heterocycles. The van der Waals surface area contributed by atoms with Crippen molar-refractivity contribution in [1.29, 1.82) is 0 Å². The quantitative estimate of drug-likeness (QED) is 0.849. The first kappa shape index (κ1) is 14.4. The van der Waals surface area contributed by atoms with E-state index in [4.69, 9.17) is 10.2 Å². The van der Waals surface area contributed by atoms with Crippen LogP contribution in [0.5, 0.6) is 0 Å². The number of rotatable bonds is 6. The zero-order valence-electron chi connectivity index (χ0n) is 12.8. The van der Waals surface area contributed by atoms with E-state index in [1.165, 1.54) is 12.0 Å². The third-order valence-corrected chi connectivity index (χ3v) is 4.45. The molecule has 4 atom stereocenters. The van der Waals surface area contributed by atoms with Gasteiger partial charge in [0.05, 0.1) is 6.04 Å². The molecule has 1 aromatic heterocycles. The number of hydrogen-bond acceptors (Lipinski definition) is 3. The summed E-state index contributed by atoms with van der Waals surface area (Å²) < 4.78 is 6.03. The highest BCUT2D eigenvalue weighted by atomic mass is 16.3. The minimum atomic E-state index is 0.0583. The highest BCUT2D eigenvalue weighted by molar-refractivity contribution is 5.21. The molecule has 0 spiro atoms. The van der Waals surface area contributed by atoms with Gasteiger partial charge in [-0.1, -0.05) is 37.3 Å². The van der Waals surface area contributed by atoms with Crippen molar-refractivity contribution >= 4 is 0 Å². The van der Waals surface area contributed by atoms with Gasteiger partial charge in [0.15, 0.2) is 0 Å². The van der Waals surface area contributed by atoms with Crippen molar-refractivity contribution in [1.82, 2.24) is 5.32 Å². The maximum Gasteiger partial charge on any atom is 0.122 e. The molecule has 3 heteroatoms. The van der Waals surface area contributed by atoms with E-state index >= 15 is 0 Å². The molecule has 1 aliphatic carbocycles. The molecule has 1 saturated carbocycles. The van der Waals surface area contributed by atoms with Crippen LogP contribution in [0.2, 0.25) is 0 Å². The lowest BCUT2D eigenvalue weighted by molar-refractivity contribution is 0.372. The lowest BCUT2D eigenvalue weighted by atomic mass is 10.1. The summed E-state index contributed by atoms with van der Waals surface area (Å²) in [7, 11) is 0. The lowest BCUT2D eigenvalue weighted by Gasteiger charge is -2.21. The first-order valence-electron chi connectivity index (χ1n) is 7.79. The largest absolute Gasteiger partial charge is 0.464 e. The Morgan fingerprint density at radius 1 is 1.24 bits per heavy atom. The number of hydrogen-bond donors (Lipinski definition) is 2. The molecule has 1 aromatic carbocycles. The highest BCUT2D eigenvalue weighted by Gasteiger charge is 2.37. The summed E-state index contributed by atoms with van der Waals surface area (Å²) in [6.07, 6.45) is 1.24. The normalized spacial score (nSPS) is 23.8. The van der Waals surface area contributed by atoms with Crippen LogP contribution in [-0.2, 0) is 0 Å². The van der Waals surface area contributed by atoms with Crippen molar-refractivity contribution < 1.29 is 4.42 Å². The summed E-state index contributed by atoms with van der Waals surface area (Å²) in [5, 5.41) is 3.56. The summed E-state index contributed by atoms with van der Waals surface area (Å²) in [4.78, 5) is 0. The summed E-state index contributed by atoms with van der Waals surface area (Å²) in [6.45, 7) is 4.96. The van der Waals surface area contributed by atoms with Crippen molar-refractivity contribution in [2.24, 2.45) is 11.7 Å². The Morgan fingerprint density at radius 3 is 2.57 bits per heavy atom. The average Bonchev–Trinajstić information content (AvgIpc) is 3.05. The van der Waals surface area contributed by atoms with Gasteiger partial charge in [-0.25, -0.2) is 0 Å². The molecule has 3 rings (SSSR count). The van der Waals surface area contributed by atoms with Gasteiger partial charge in [0.1, 0.15) is 11.5 Å². The van der Waals surface area contributed by atoms with Gasteiger partial charge in [-0.3, -0.25) is 5.32 Å². The third-order valence-electron chi connectivity index (χ3n) is 4.45. The fraction of sp³-hybridized carbons (Fsp3) is 0.444. The molecule has 0 saturated heterocycles. The Morgan fingerprint density at radius 2 is 1.95 bits per heavy atom. The van der Waals surface area contributed by atoms with Gasteiger partial charge in [-0.15, -0.1) is 0 Å². The molecule has 3 nitrogen and oxygen atoms in total. The molecule has 0 amide bonds. The Balaban J connectivity index is 1.68. The SMILES string of the molecule is CC(NC(CN)c1ccc(C2CC2C)o1)c1ccccc1. The topological polar surface area (TPSA) is 51.2 Å². The van der Waals surface area contributed by atoms with E-state index in [1.807, 2.05) is 6.07 Å². The molecule has 1 heterocycles. The van der Waals surface area contributed by atoms with E-state index in [0.717, 1.165) is 17.4 Å². The van der Waals surface area contributed by atoms with Crippen LogP contribution in [0.15, 0.2) is 46.9 Å². The van der Waals surface area contributed by atoms with Crippen LogP contribution < -0.4 is 11.1 Å². The van der Waals surface area contributed by atoms with Gasteiger partial charge in [0.2, 0.25) is 0 Å². The van der Waals surface area contributed by atoms with E-state index in [0.29, 0.717) is 12.5 Å². The Hall–Kier alpha value is -1.58. The van der Waals surface area contributed by atoms with Crippen LogP contribution in [0.4, 0.5) is 0 Å². The lowest BCUT2D eigenvalue weighted by Crippen LogP contribution is -2.30. The average molecular weight is 284 g/mol. The summed E-state index contributed by atoms with van der Waals surface area (Å²) in [6, 6.07) is 14.9. The van der Waals surface area contributed by atoms with Crippen molar-refractivity contribution in [2.45, 2.75) is 38.3 Å². The smallest absolute Gasteiger partial charge is 0.122 e. The molecule has 3 N–H and O–H groups in total. The van der Waals surface area contributed by atoms with Crippen LogP contribution in [0.3, 0.4) is 0 Å². The number of nitrogens with two attached hydrogens (primary N) is 1. The van der Waals surface area contributed by atoms with Crippen molar-refractivity contribution in [3.8, 4) is 0 Å². The van der Waals surface area contributed by atoms with Gasteiger partial charge in [0, 0.05) is 18.5 Å². The van der Waals surface area contributed by atoms with E-state index in [2.05, 4.69) is 55.6 Å². The summed E-state index contributed by atoms with van der Waals surface area (Å²) in [5.74, 6) is 3.44. The van der Waals surface area contributed by atoms with E-state index in [9.17, 15) is 0 Å².